The summed E-state index contributed by atoms with van der Waals surface area (Å²) in [6.45, 7) is 7.83. The van der Waals surface area contributed by atoms with Crippen molar-refractivity contribution in [3.8, 4) is 0 Å². The van der Waals surface area contributed by atoms with Crippen molar-refractivity contribution >= 4 is 0 Å². The van der Waals surface area contributed by atoms with Gasteiger partial charge in [-0.15, -0.1) is 0 Å². The molecular formula is C13H25NO. The Morgan fingerprint density at radius 1 is 1.20 bits per heavy atom. The van der Waals surface area contributed by atoms with E-state index in [9.17, 15) is 5.11 Å². The predicted molar refractivity (Wildman–Crippen MR) is 62.8 cm³/mol. The summed E-state index contributed by atoms with van der Waals surface area (Å²) in [5.74, 6) is 0.941. The molecule has 1 saturated carbocycles. The van der Waals surface area contributed by atoms with Crippen molar-refractivity contribution in [1.29, 1.82) is 0 Å². The minimum Gasteiger partial charge on any atom is -0.392 e. The van der Waals surface area contributed by atoms with Gasteiger partial charge in [0.1, 0.15) is 0 Å². The lowest BCUT2D eigenvalue weighted by molar-refractivity contribution is -0.0282. The Balaban J connectivity index is 1.83. The maximum atomic E-state index is 9.89. The second-order valence-corrected chi connectivity index (χ2v) is 6.18. The van der Waals surface area contributed by atoms with Crippen LogP contribution in [0.2, 0.25) is 0 Å². The van der Waals surface area contributed by atoms with Gasteiger partial charge in [0.2, 0.25) is 0 Å². The lowest BCUT2D eigenvalue weighted by Gasteiger charge is -2.42. The minimum absolute atomic E-state index is 0.0941. The maximum absolute atomic E-state index is 9.89. The average Bonchev–Trinajstić information content (AvgIpc) is 2.63. The van der Waals surface area contributed by atoms with Crippen LogP contribution >= 0.6 is 0 Å². The smallest absolute Gasteiger partial charge is 0.0615 e. The van der Waals surface area contributed by atoms with Gasteiger partial charge in [-0.2, -0.15) is 0 Å². The number of piperidine rings is 1. The van der Waals surface area contributed by atoms with Crippen LogP contribution in [0.15, 0.2) is 0 Å². The first kappa shape index (κ1) is 11.4. The van der Waals surface area contributed by atoms with Gasteiger partial charge in [-0.25, -0.2) is 0 Å². The Kier molecular flexibility index (Phi) is 3.36. The molecule has 88 valence electrons. The van der Waals surface area contributed by atoms with Crippen LogP contribution in [0.3, 0.4) is 0 Å². The van der Waals surface area contributed by atoms with E-state index in [-0.39, 0.29) is 11.5 Å². The quantitative estimate of drug-likeness (QED) is 0.757. The van der Waals surface area contributed by atoms with Gasteiger partial charge in [-0.3, -0.25) is 0 Å². The zero-order chi connectivity index (χ0) is 10.9. The third-order valence-electron chi connectivity index (χ3n) is 4.24. The van der Waals surface area contributed by atoms with Gasteiger partial charge in [-0.1, -0.05) is 26.7 Å². The first-order chi connectivity index (χ1) is 7.08. The van der Waals surface area contributed by atoms with Crippen molar-refractivity contribution in [3.63, 3.8) is 0 Å². The Hall–Kier alpha value is -0.0800. The van der Waals surface area contributed by atoms with Gasteiger partial charge in [0.25, 0.3) is 0 Å². The van der Waals surface area contributed by atoms with Crippen LogP contribution in [0.5, 0.6) is 0 Å². The van der Waals surface area contributed by atoms with Crippen LogP contribution in [0.25, 0.3) is 0 Å². The predicted octanol–water partition coefficient (Wildman–Crippen LogP) is 2.27. The number of aliphatic hydroxyl groups excluding tert-OH is 1. The molecule has 1 aliphatic heterocycles. The van der Waals surface area contributed by atoms with Crippen LogP contribution < -0.4 is 0 Å². The molecular weight excluding hydrogens is 186 g/mol. The van der Waals surface area contributed by atoms with Crippen molar-refractivity contribution < 1.29 is 5.11 Å². The molecule has 0 aromatic carbocycles. The molecule has 2 nitrogen and oxygen atoms in total. The molecule has 1 unspecified atom stereocenters. The van der Waals surface area contributed by atoms with E-state index in [0.29, 0.717) is 0 Å². The lowest BCUT2D eigenvalue weighted by atomic mass is 9.81. The molecule has 2 aliphatic rings. The van der Waals surface area contributed by atoms with Crippen molar-refractivity contribution in [2.24, 2.45) is 11.3 Å². The number of rotatable bonds is 2. The first-order valence-corrected chi connectivity index (χ1v) is 6.48. The second kappa shape index (κ2) is 4.42. The Bertz CT molecular complexity index is 209. The summed E-state index contributed by atoms with van der Waals surface area (Å²) >= 11 is 0. The van der Waals surface area contributed by atoms with Gasteiger partial charge in [0.15, 0.2) is 0 Å². The molecule has 2 heteroatoms. The fourth-order valence-corrected chi connectivity index (χ4v) is 3.17. The summed E-state index contributed by atoms with van der Waals surface area (Å²) in [5, 5.41) is 9.89. The molecule has 1 heterocycles. The van der Waals surface area contributed by atoms with Crippen LogP contribution in [-0.4, -0.2) is 35.7 Å². The number of likely N-dealkylation sites (tertiary alicyclic amines) is 1. The van der Waals surface area contributed by atoms with Crippen molar-refractivity contribution in [2.75, 3.05) is 19.6 Å². The number of aliphatic hydroxyl groups is 1. The molecule has 1 saturated heterocycles. The summed E-state index contributed by atoms with van der Waals surface area (Å²) in [7, 11) is 0. The van der Waals surface area contributed by atoms with E-state index in [0.717, 1.165) is 25.4 Å². The summed E-state index contributed by atoms with van der Waals surface area (Å²) in [6, 6.07) is 0. The normalized spacial score (nSPS) is 33.4. The molecule has 2 rings (SSSR count). The zero-order valence-corrected chi connectivity index (χ0v) is 10.2. The summed E-state index contributed by atoms with van der Waals surface area (Å²) in [4.78, 5) is 2.57. The Labute approximate surface area is 93.7 Å². The van der Waals surface area contributed by atoms with Crippen LogP contribution in [-0.2, 0) is 0 Å². The Morgan fingerprint density at radius 2 is 1.87 bits per heavy atom. The third-order valence-corrected chi connectivity index (χ3v) is 4.24. The van der Waals surface area contributed by atoms with Gasteiger partial charge in [-0.05, 0) is 25.2 Å². The number of hydrogen-bond donors (Lipinski definition) is 1. The monoisotopic (exact) mass is 211 g/mol. The molecule has 2 fully saturated rings. The van der Waals surface area contributed by atoms with E-state index in [1.54, 1.807) is 0 Å². The highest BCUT2D eigenvalue weighted by atomic mass is 16.3. The lowest BCUT2D eigenvalue weighted by Crippen LogP contribution is -2.49. The first-order valence-electron chi connectivity index (χ1n) is 6.48. The molecule has 1 N–H and O–H groups in total. The SMILES string of the molecule is CC1(C)CN(CC2CCCC2)CCC1O. The summed E-state index contributed by atoms with van der Waals surface area (Å²) in [5.41, 5.74) is 0.0941. The van der Waals surface area contributed by atoms with Crippen molar-refractivity contribution in [2.45, 2.75) is 52.1 Å². The fourth-order valence-electron chi connectivity index (χ4n) is 3.17. The molecule has 0 radical (unpaired) electrons. The molecule has 0 amide bonds. The van der Waals surface area contributed by atoms with Crippen LogP contribution in [0, 0.1) is 11.3 Å². The molecule has 0 spiro atoms. The standard InChI is InChI=1S/C13H25NO/c1-13(2)10-14(8-7-12(13)15)9-11-5-3-4-6-11/h11-12,15H,3-10H2,1-2H3. The number of hydrogen-bond acceptors (Lipinski definition) is 2. The highest BCUT2D eigenvalue weighted by molar-refractivity contribution is 4.88. The van der Waals surface area contributed by atoms with Gasteiger partial charge >= 0.3 is 0 Å². The van der Waals surface area contributed by atoms with Gasteiger partial charge < -0.3 is 10.0 Å². The largest absolute Gasteiger partial charge is 0.392 e. The molecule has 0 aromatic rings. The third kappa shape index (κ3) is 2.73. The van der Waals surface area contributed by atoms with E-state index in [4.69, 9.17) is 0 Å². The van der Waals surface area contributed by atoms with Crippen molar-refractivity contribution in [3.05, 3.63) is 0 Å². The second-order valence-electron chi connectivity index (χ2n) is 6.18. The summed E-state index contributed by atoms with van der Waals surface area (Å²) < 4.78 is 0. The Morgan fingerprint density at radius 3 is 2.47 bits per heavy atom. The molecule has 0 bridgehead atoms. The molecule has 0 aromatic heterocycles. The topological polar surface area (TPSA) is 23.5 Å². The van der Waals surface area contributed by atoms with E-state index < -0.39 is 0 Å². The van der Waals surface area contributed by atoms with E-state index in [1.165, 1.54) is 32.2 Å². The highest BCUT2D eigenvalue weighted by Crippen LogP contribution is 2.32. The highest BCUT2D eigenvalue weighted by Gasteiger charge is 2.35. The van der Waals surface area contributed by atoms with Crippen LogP contribution in [0.1, 0.15) is 46.0 Å². The molecule has 1 aliphatic carbocycles. The fraction of sp³-hybridized carbons (Fsp3) is 1.00. The van der Waals surface area contributed by atoms with Gasteiger partial charge in [0, 0.05) is 25.0 Å². The maximum Gasteiger partial charge on any atom is 0.0615 e. The van der Waals surface area contributed by atoms with Crippen LogP contribution in [0.4, 0.5) is 0 Å². The average molecular weight is 211 g/mol. The van der Waals surface area contributed by atoms with Crippen molar-refractivity contribution in [1.82, 2.24) is 4.90 Å². The molecule has 1 atom stereocenters. The van der Waals surface area contributed by atoms with E-state index >= 15 is 0 Å². The molecule has 15 heavy (non-hydrogen) atoms. The number of nitrogens with zero attached hydrogens (tertiary/aromatic N) is 1. The van der Waals surface area contributed by atoms with Gasteiger partial charge in [0.05, 0.1) is 6.10 Å². The minimum atomic E-state index is -0.0997. The zero-order valence-electron chi connectivity index (χ0n) is 10.2. The van der Waals surface area contributed by atoms with E-state index in [2.05, 4.69) is 18.7 Å². The summed E-state index contributed by atoms with van der Waals surface area (Å²) in [6.07, 6.45) is 6.59. The van der Waals surface area contributed by atoms with E-state index in [1.807, 2.05) is 0 Å².